The van der Waals surface area contributed by atoms with Crippen molar-refractivity contribution >= 4 is 17.7 Å². The summed E-state index contributed by atoms with van der Waals surface area (Å²) >= 11 is 1.81. The molecular formula is C15H20N2OS. The molecule has 0 saturated carbocycles. The molecular weight excluding hydrogens is 256 g/mol. The molecule has 2 aliphatic rings. The molecule has 4 heteroatoms. The first-order chi connectivity index (χ1) is 9.08. The van der Waals surface area contributed by atoms with Crippen molar-refractivity contribution in [3.05, 3.63) is 35.4 Å². The number of benzene rings is 1. The second-order valence-electron chi connectivity index (χ2n) is 5.83. The maximum absolute atomic E-state index is 12.4. The van der Waals surface area contributed by atoms with Crippen LogP contribution in [-0.2, 0) is 11.2 Å². The van der Waals surface area contributed by atoms with E-state index in [-0.39, 0.29) is 22.7 Å². The largest absolute Gasteiger partial charge is 0.348 e. The van der Waals surface area contributed by atoms with Crippen molar-refractivity contribution in [1.82, 2.24) is 10.6 Å². The Morgan fingerprint density at radius 2 is 2.21 bits per heavy atom. The number of carbonyl (C=O) groups is 1. The number of nitrogens with one attached hydrogen (secondary N) is 2. The summed E-state index contributed by atoms with van der Waals surface area (Å²) in [7, 11) is 0. The number of hydrogen-bond donors (Lipinski definition) is 2. The van der Waals surface area contributed by atoms with Crippen molar-refractivity contribution in [1.29, 1.82) is 0 Å². The zero-order chi connectivity index (χ0) is 13.5. The van der Waals surface area contributed by atoms with Crippen molar-refractivity contribution < 1.29 is 4.79 Å². The molecule has 2 N–H and O–H groups in total. The van der Waals surface area contributed by atoms with E-state index in [0.717, 1.165) is 18.7 Å². The summed E-state index contributed by atoms with van der Waals surface area (Å²) in [5.41, 5.74) is 2.67. The minimum Gasteiger partial charge on any atom is -0.348 e. The van der Waals surface area contributed by atoms with E-state index >= 15 is 0 Å². The van der Waals surface area contributed by atoms with Crippen molar-refractivity contribution in [3.63, 3.8) is 0 Å². The predicted molar refractivity (Wildman–Crippen MR) is 79.1 cm³/mol. The third kappa shape index (κ3) is 2.39. The lowest BCUT2D eigenvalue weighted by atomic mass is 10.0. The second-order valence-corrected chi connectivity index (χ2v) is 7.46. The van der Waals surface area contributed by atoms with Crippen LogP contribution < -0.4 is 10.6 Å². The molecule has 1 aliphatic heterocycles. The van der Waals surface area contributed by atoms with Crippen LogP contribution in [0.2, 0.25) is 0 Å². The van der Waals surface area contributed by atoms with Crippen LogP contribution in [0.15, 0.2) is 24.3 Å². The van der Waals surface area contributed by atoms with Crippen LogP contribution >= 0.6 is 11.8 Å². The predicted octanol–water partition coefficient (Wildman–Crippen LogP) is 2.23. The van der Waals surface area contributed by atoms with Gasteiger partial charge in [0.05, 0.1) is 6.04 Å². The van der Waals surface area contributed by atoms with Crippen molar-refractivity contribution in [2.45, 2.75) is 43.5 Å². The molecule has 0 bridgehead atoms. The van der Waals surface area contributed by atoms with E-state index in [1.54, 1.807) is 0 Å². The smallest absolute Gasteiger partial charge is 0.239 e. The highest BCUT2D eigenvalue weighted by Crippen LogP contribution is 2.35. The van der Waals surface area contributed by atoms with Gasteiger partial charge in [-0.25, -0.2) is 0 Å². The molecule has 1 amide bonds. The molecule has 1 heterocycles. The Morgan fingerprint density at radius 1 is 1.42 bits per heavy atom. The molecule has 1 fully saturated rings. The summed E-state index contributed by atoms with van der Waals surface area (Å²) in [4.78, 5) is 12.4. The Bertz CT molecular complexity index is 501. The highest BCUT2D eigenvalue weighted by molar-refractivity contribution is 8.00. The molecule has 1 aromatic carbocycles. The van der Waals surface area contributed by atoms with Crippen molar-refractivity contribution in [2.24, 2.45) is 0 Å². The fourth-order valence-corrected chi connectivity index (χ4v) is 3.99. The number of aryl methyl sites for hydroxylation is 1. The van der Waals surface area contributed by atoms with E-state index < -0.39 is 0 Å². The third-order valence-corrected chi connectivity index (χ3v) is 5.43. The van der Waals surface area contributed by atoms with Gasteiger partial charge in [0, 0.05) is 10.6 Å². The fourth-order valence-electron chi connectivity index (χ4n) is 3.01. The average molecular weight is 276 g/mol. The lowest BCUT2D eigenvalue weighted by molar-refractivity contribution is -0.124. The van der Waals surface area contributed by atoms with Crippen LogP contribution in [0.3, 0.4) is 0 Å². The number of fused-ring (bicyclic) bond motifs is 1. The molecule has 1 unspecified atom stereocenters. The second kappa shape index (κ2) is 4.84. The van der Waals surface area contributed by atoms with E-state index in [9.17, 15) is 4.79 Å². The summed E-state index contributed by atoms with van der Waals surface area (Å²) in [5, 5.41) is 6.51. The van der Waals surface area contributed by atoms with E-state index in [2.05, 4.69) is 48.7 Å². The third-order valence-electron chi connectivity index (χ3n) is 4.14. The molecule has 1 aliphatic carbocycles. The molecule has 0 aromatic heterocycles. The Morgan fingerprint density at radius 3 is 2.95 bits per heavy atom. The number of amides is 1. The van der Waals surface area contributed by atoms with Gasteiger partial charge in [-0.05, 0) is 37.8 Å². The summed E-state index contributed by atoms with van der Waals surface area (Å²) < 4.78 is -0.0256. The molecule has 19 heavy (non-hydrogen) atoms. The zero-order valence-corrected chi connectivity index (χ0v) is 12.2. The molecule has 102 valence electrons. The molecule has 3 rings (SSSR count). The molecule has 1 saturated heterocycles. The maximum atomic E-state index is 12.4. The number of rotatable bonds is 2. The maximum Gasteiger partial charge on any atom is 0.239 e. The lowest BCUT2D eigenvalue weighted by Gasteiger charge is -2.26. The standard InChI is InChI=1S/C15H20N2OS/c1-15(2)13(16-9-19-15)14(18)17-12-8-7-10-5-3-4-6-11(10)12/h3-6,12-13,16H,7-9H2,1-2H3,(H,17,18)/t12-,13?/m0/s1. The topological polar surface area (TPSA) is 41.1 Å². The Balaban J connectivity index is 1.72. The average Bonchev–Trinajstić information content (AvgIpc) is 2.93. The number of carbonyl (C=O) groups excluding carboxylic acids is 1. The van der Waals surface area contributed by atoms with E-state index in [1.807, 2.05) is 11.8 Å². The van der Waals surface area contributed by atoms with Crippen LogP contribution in [0.1, 0.15) is 37.4 Å². The normalized spacial score (nSPS) is 28.1. The lowest BCUT2D eigenvalue weighted by Crippen LogP contribution is -2.50. The summed E-state index contributed by atoms with van der Waals surface area (Å²) in [6, 6.07) is 8.51. The van der Waals surface area contributed by atoms with Gasteiger partial charge in [0.25, 0.3) is 0 Å². The van der Waals surface area contributed by atoms with Gasteiger partial charge < -0.3 is 5.32 Å². The van der Waals surface area contributed by atoms with Crippen LogP contribution in [0.25, 0.3) is 0 Å². The quantitative estimate of drug-likeness (QED) is 0.870. The fraction of sp³-hybridized carbons (Fsp3) is 0.533. The van der Waals surface area contributed by atoms with Gasteiger partial charge in [0.1, 0.15) is 6.04 Å². The van der Waals surface area contributed by atoms with Gasteiger partial charge in [-0.2, -0.15) is 0 Å². The van der Waals surface area contributed by atoms with Gasteiger partial charge in [-0.1, -0.05) is 24.3 Å². The van der Waals surface area contributed by atoms with Crippen LogP contribution in [0.5, 0.6) is 0 Å². The van der Waals surface area contributed by atoms with Crippen LogP contribution in [-0.4, -0.2) is 22.6 Å². The number of thioether (sulfide) groups is 1. The van der Waals surface area contributed by atoms with E-state index in [0.29, 0.717) is 0 Å². The van der Waals surface area contributed by atoms with Crippen LogP contribution in [0, 0.1) is 0 Å². The molecule has 3 nitrogen and oxygen atoms in total. The van der Waals surface area contributed by atoms with Crippen molar-refractivity contribution in [2.75, 3.05) is 5.88 Å². The zero-order valence-electron chi connectivity index (χ0n) is 11.4. The van der Waals surface area contributed by atoms with Gasteiger partial charge >= 0.3 is 0 Å². The van der Waals surface area contributed by atoms with E-state index in [4.69, 9.17) is 0 Å². The van der Waals surface area contributed by atoms with Gasteiger partial charge in [0.15, 0.2) is 0 Å². The summed E-state index contributed by atoms with van der Waals surface area (Å²) in [6.45, 7) is 4.26. The summed E-state index contributed by atoms with van der Waals surface area (Å²) in [6.07, 6.45) is 2.09. The van der Waals surface area contributed by atoms with Crippen molar-refractivity contribution in [3.8, 4) is 0 Å². The first-order valence-electron chi connectivity index (χ1n) is 6.83. The monoisotopic (exact) mass is 276 g/mol. The Hall–Kier alpha value is -1.00. The van der Waals surface area contributed by atoms with Crippen LogP contribution in [0.4, 0.5) is 0 Å². The first-order valence-corrected chi connectivity index (χ1v) is 7.82. The highest BCUT2D eigenvalue weighted by Gasteiger charge is 2.41. The molecule has 0 radical (unpaired) electrons. The summed E-state index contributed by atoms with van der Waals surface area (Å²) in [5.74, 6) is 0.989. The number of hydrogen-bond acceptors (Lipinski definition) is 3. The highest BCUT2D eigenvalue weighted by atomic mass is 32.2. The Kier molecular flexibility index (Phi) is 3.31. The SMILES string of the molecule is CC1(C)SCNC1C(=O)N[C@H]1CCc2ccccc21. The van der Waals surface area contributed by atoms with Gasteiger partial charge in [-0.3, -0.25) is 10.1 Å². The molecule has 1 aromatic rings. The Labute approximate surface area is 118 Å². The minimum atomic E-state index is -0.0923. The van der Waals surface area contributed by atoms with Gasteiger partial charge in [0.2, 0.25) is 5.91 Å². The first kappa shape index (κ1) is 13.0. The molecule has 2 atom stereocenters. The van der Waals surface area contributed by atoms with Gasteiger partial charge in [-0.15, -0.1) is 11.8 Å². The van der Waals surface area contributed by atoms with E-state index in [1.165, 1.54) is 11.1 Å². The minimum absolute atomic E-state index is 0.0256. The molecule has 0 spiro atoms.